The Morgan fingerprint density at radius 1 is 0.696 bits per heavy atom. The summed E-state index contributed by atoms with van der Waals surface area (Å²) in [6.07, 6.45) is 12.3. The van der Waals surface area contributed by atoms with Crippen LogP contribution in [0.4, 0.5) is 0 Å². The third-order valence-electron chi connectivity index (χ3n) is 4.27. The molecule has 0 aromatic rings. The number of nitrogens with zero attached hydrogens (tertiary/aromatic N) is 1. The third-order valence-corrected chi connectivity index (χ3v) is 4.27. The van der Waals surface area contributed by atoms with E-state index in [1.807, 2.05) is 0 Å². The van der Waals surface area contributed by atoms with Crippen molar-refractivity contribution in [2.45, 2.75) is 98.3 Å². The largest absolute Gasteiger partial charge is 0.550 e. The Kier molecular flexibility index (Phi) is 19.1. The fraction of sp³-hybridized carbons (Fsp3) is 0.950. The van der Waals surface area contributed by atoms with Crippen LogP contribution in [0, 0.1) is 0 Å². The maximum atomic E-state index is 10.0. The van der Waals surface area contributed by atoms with E-state index < -0.39 is 5.97 Å². The van der Waals surface area contributed by atoms with Gasteiger partial charge in [0, 0.05) is 5.97 Å². The molecule has 0 unspecified atom stereocenters. The van der Waals surface area contributed by atoms with E-state index in [9.17, 15) is 9.90 Å². The van der Waals surface area contributed by atoms with E-state index in [0.29, 0.717) is 0 Å². The first-order valence-electron chi connectivity index (χ1n) is 9.99. The monoisotopic (exact) mass is 329 g/mol. The summed E-state index contributed by atoms with van der Waals surface area (Å²) in [5.74, 6) is -0.913. The lowest BCUT2D eigenvalue weighted by molar-refractivity contribution is -0.909. The predicted molar refractivity (Wildman–Crippen MR) is 99.3 cm³/mol. The van der Waals surface area contributed by atoms with Gasteiger partial charge in [-0.3, -0.25) is 0 Å². The first-order valence-corrected chi connectivity index (χ1v) is 9.99. The average molecular weight is 330 g/mol. The molecule has 0 saturated heterocycles. The van der Waals surface area contributed by atoms with Gasteiger partial charge < -0.3 is 14.4 Å². The molecule has 0 bridgehead atoms. The van der Waals surface area contributed by atoms with Crippen molar-refractivity contribution in [1.29, 1.82) is 0 Å². The van der Waals surface area contributed by atoms with Crippen LogP contribution in [0.1, 0.15) is 98.3 Å². The second kappa shape index (κ2) is 17.8. The summed E-state index contributed by atoms with van der Waals surface area (Å²) in [6.45, 7) is 13.1. The fourth-order valence-electron chi connectivity index (χ4n) is 3.18. The zero-order chi connectivity index (χ0) is 18.0. The highest BCUT2D eigenvalue weighted by Crippen LogP contribution is 2.08. The highest BCUT2D eigenvalue weighted by Gasteiger charge is 2.16. The van der Waals surface area contributed by atoms with Gasteiger partial charge in [-0.1, -0.05) is 66.2 Å². The molecule has 3 heteroatoms. The minimum absolute atomic E-state index is 0.230. The maximum Gasteiger partial charge on any atom is 0.0781 e. The van der Waals surface area contributed by atoms with Crippen LogP contribution in [0.5, 0.6) is 0 Å². The Morgan fingerprint density at radius 3 is 1.43 bits per heavy atom. The normalized spacial score (nSPS) is 11.0. The van der Waals surface area contributed by atoms with Crippen LogP contribution in [0.2, 0.25) is 0 Å². The molecule has 0 rings (SSSR count). The predicted octanol–water partition coefficient (Wildman–Crippen LogP) is 4.54. The molecule has 3 nitrogen and oxygen atoms in total. The zero-order valence-electron chi connectivity index (χ0n) is 16.7. The lowest BCUT2D eigenvalue weighted by Crippen LogP contribution is -2.45. The van der Waals surface area contributed by atoms with E-state index in [-0.39, 0.29) is 6.42 Å². The zero-order valence-corrected chi connectivity index (χ0v) is 16.7. The maximum absolute atomic E-state index is 10.0. The molecule has 0 aliphatic carbocycles. The van der Waals surface area contributed by atoms with Gasteiger partial charge in [-0.25, -0.2) is 0 Å². The Bertz CT molecular complexity index is 237. The van der Waals surface area contributed by atoms with E-state index in [1.54, 1.807) is 0 Å². The van der Waals surface area contributed by atoms with Crippen molar-refractivity contribution >= 4 is 5.97 Å². The molecular weight excluding hydrogens is 286 g/mol. The second-order valence-corrected chi connectivity index (χ2v) is 7.03. The van der Waals surface area contributed by atoms with Crippen molar-refractivity contribution in [2.75, 3.05) is 26.7 Å². The van der Waals surface area contributed by atoms with Crippen LogP contribution in [0.15, 0.2) is 0 Å². The van der Waals surface area contributed by atoms with Gasteiger partial charge in [-0.05, 0) is 32.1 Å². The molecule has 0 saturated carbocycles. The van der Waals surface area contributed by atoms with Crippen LogP contribution in [0.3, 0.4) is 0 Å². The topological polar surface area (TPSA) is 40.1 Å². The fourth-order valence-corrected chi connectivity index (χ4v) is 3.18. The van der Waals surface area contributed by atoms with Crippen LogP contribution >= 0.6 is 0 Å². The lowest BCUT2D eigenvalue weighted by atomic mass is 10.1. The molecule has 140 valence electrons. The van der Waals surface area contributed by atoms with Crippen molar-refractivity contribution < 1.29 is 14.4 Å². The van der Waals surface area contributed by atoms with Crippen molar-refractivity contribution in [3.63, 3.8) is 0 Å². The number of rotatable bonds is 14. The number of carboxylic acid groups (broad SMARTS) is 1. The SMILES string of the molecule is CCCCCCCCCC(=O)[O-].CCC[N+](C)(CCC)CCC. The molecule has 0 N–H and O–H groups in total. The Balaban J connectivity index is 0. The van der Waals surface area contributed by atoms with Gasteiger partial charge in [0.15, 0.2) is 0 Å². The summed E-state index contributed by atoms with van der Waals surface area (Å²) < 4.78 is 1.28. The molecule has 0 amide bonds. The number of carboxylic acids is 1. The molecule has 0 aliphatic heterocycles. The third kappa shape index (κ3) is 19.4. The van der Waals surface area contributed by atoms with Crippen molar-refractivity contribution in [1.82, 2.24) is 0 Å². The van der Waals surface area contributed by atoms with E-state index in [2.05, 4.69) is 34.7 Å². The van der Waals surface area contributed by atoms with Gasteiger partial charge in [0.1, 0.15) is 0 Å². The Labute approximate surface area is 146 Å². The average Bonchev–Trinajstić information content (AvgIpc) is 2.47. The summed E-state index contributed by atoms with van der Waals surface area (Å²) in [6, 6.07) is 0. The summed E-state index contributed by atoms with van der Waals surface area (Å²) in [5.41, 5.74) is 0. The standard InChI is InChI=1S/C10H24N.C10H20O2/c1-5-8-11(4,9-6-2)10-7-3;1-2-3-4-5-6-7-8-9-10(11)12/h5-10H2,1-4H3;2-9H2,1H3,(H,11,12)/q+1;/p-1. The number of unbranched alkanes of at least 4 members (excludes halogenated alkanes) is 6. The van der Waals surface area contributed by atoms with E-state index in [0.717, 1.165) is 12.8 Å². The molecule has 0 atom stereocenters. The number of hydrogen-bond acceptors (Lipinski definition) is 2. The number of carbonyl (C=O) groups excluding carboxylic acids is 1. The number of hydrogen-bond donors (Lipinski definition) is 0. The molecule has 0 aromatic heterocycles. The second-order valence-electron chi connectivity index (χ2n) is 7.03. The van der Waals surface area contributed by atoms with Crippen molar-refractivity contribution in [2.24, 2.45) is 0 Å². The Morgan fingerprint density at radius 2 is 1.09 bits per heavy atom. The highest BCUT2D eigenvalue weighted by atomic mass is 16.4. The summed E-state index contributed by atoms with van der Waals surface area (Å²) >= 11 is 0. The van der Waals surface area contributed by atoms with Crippen LogP contribution in [0.25, 0.3) is 0 Å². The minimum atomic E-state index is -0.913. The Hall–Kier alpha value is -0.570. The summed E-state index contributed by atoms with van der Waals surface area (Å²) in [4.78, 5) is 10.0. The molecule has 0 fully saturated rings. The molecule has 0 spiro atoms. The van der Waals surface area contributed by atoms with Crippen LogP contribution in [-0.2, 0) is 4.79 Å². The van der Waals surface area contributed by atoms with E-state index in [1.165, 1.54) is 75.5 Å². The molecule has 23 heavy (non-hydrogen) atoms. The van der Waals surface area contributed by atoms with Gasteiger partial charge in [0.2, 0.25) is 0 Å². The molecular formula is C20H43NO2. The van der Waals surface area contributed by atoms with Gasteiger partial charge in [-0.2, -0.15) is 0 Å². The summed E-state index contributed by atoms with van der Waals surface area (Å²) in [5, 5.41) is 10.0. The molecule has 0 heterocycles. The number of aliphatic carboxylic acids is 1. The summed E-state index contributed by atoms with van der Waals surface area (Å²) in [7, 11) is 2.39. The minimum Gasteiger partial charge on any atom is -0.550 e. The quantitative estimate of drug-likeness (QED) is 0.347. The first kappa shape index (κ1) is 24.7. The van der Waals surface area contributed by atoms with Gasteiger partial charge in [0.25, 0.3) is 0 Å². The van der Waals surface area contributed by atoms with E-state index >= 15 is 0 Å². The van der Waals surface area contributed by atoms with Crippen molar-refractivity contribution in [3.8, 4) is 0 Å². The van der Waals surface area contributed by atoms with E-state index in [4.69, 9.17) is 0 Å². The van der Waals surface area contributed by atoms with Gasteiger partial charge >= 0.3 is 0 Å². The van der Waals surface area contributed by atoms with Gasteiger partial charge in [-0.15, -0.1) is 0 Å². The highest BCUT2D eigenvalue weighted by molar-refractivity contribution is 5.63. The lowest BCUT2D eigenvalue weighted by Gasteiger charge is -2.33. The van der Waals surface area contributed by atoms with Crippen LogP contribution < -0.4 is 5.11 Å². The van der Waals surface area contributed by atoms with Crippen LogP contribution in [-0.4, -0.2) is 37.1 Å². The number of carbonyl (C=O) groups is 1. The number of quaternary nitrogens is 1. The first-order chi connectivity index (χ1) is 11.0. The molecule has 0 aliphatic rings. The smallest absolute Gasteiger partial charge is 0.0781 e. The molecule has 0 aromatic carbocycles. The van der Waals surface area contributed by atoms with Gasteiger partial charge in [0.05, 0.1) is 26.7 Å². The molecule has 0 radical (unpaired) electrons. The van der Waals surface area contributed by atoms with Crippen molar-refractivity contribution in [3.05, 3.63) is 0 Å².